The van der Waals surface area contributed by atoms with Crippen LogP contribution in [0.1, 0.15) is 37.6 Å². The maximum Gasteiger partial charge on any atom is 0.159 e. The van der Waals surface area contributed by atoms with Crippen LogP contribution < -0.4 is 10.2 Å². The number of hydrogen-bond acceptors (Lipinski definition) is 3. The summed E-state index contributed by atoms with van der Waals surface area (Å²) < 4.78 is 0. The minimum Gasteiger partial charge on any atom is -0.371 e. The molecule has 1 heterocycles. The molecule has 1 aromatic rings. The van der Waals surface area contributed by atoms with E-state index in [9.17, 15) is 4.79 Å². The zero-order valence-corrected chi connectivity index (χ0v) is 12.4. The van der Waals surface area contributed by atoms with Gasteiger partial charge in [0.2, 0.25) is 0 Å². The number of anilines is 1. The largest absolute Gasteiger partial charge is 0.371 e. The summed E-state index contributed by atoms with van der Waals surface area (Å²) in [5.41, 5.74) is 2.19. The second-order valence-electron chi connectivity index (χ2n) is 6.15. The third kappa shape index (κ3) is 2.98. The van der Waals surface area contributed by atoms with Crippen LogP contribution in [-0.2, 0) is 0 Å². The Bertz CT molecular complexity index is 468. The number of benzene rings is 1. The molecule has 0 bridgehead atoms. The molecule has 19 heavy (non-hydrogen) atoms. The van der Waals surface area contributed by atoms with Gasteiger partial charge in [0, 0.05) is 30.4 Å². The first kappa shape index (κ1) is 14.1. The van der Waals surface area contributed by atoms with Crippen LogP contribution in [0.3, 0.4) is 0 Å². The molecule has 0 amide bonds. The Morgan fingerprint density at radius 1 is 1.42 bits per heavy atom. The van der Waals surface area contributed by atoms with Gasteiger partial charge in [-0.15, -0.1) is 0 Å². The quantitative estimate of drug-likeness (QED) is 0.848. The second-order valence-corrected chi connectivity index (χ2v) is 6.15. The Kier molecular flexibility index (Phi) is 3.95. The van der Waals surface area contributed by atoms with E-state index in [4.69, 9.17) is 0 Å². The van der Waals surface area contributed by atoms with Gasteiger partial charge in [0.05, 0.1) is 0 Å². The van der Waals surface area contributed by atoms with E-state index in [0.717, 1.165) is 30.8 Å². The molecule has 1 fully saturated rings. The molecular weight excluding hydrogens is 236 g/mol. The SMILES string of the molecule is CNC1CCN(c2cccc(C(C)=O)c2)CC1(C)C. The predicted octanol–water partition coefficient (Wildman–Crippen LogP) is 2.71. The summed E-state index contributed by atoms with van der Waals surface area (Å²) >= 11 is 0. The molecule has 0 spiro atoms. The molecule has 3 heteroatoms. The van der Waals surface area contributed by atoms with E-state index in [2.05, 4.69) is 30.1 Å². The minimum atomic E-state index is 0.131. The van der Waals surface area contributed by atoms with E-state index in [1.807, 2.05) is 25.2 Å². The van der Waals surface area contributed by atoms with E-state index < -0.39 is 0 Å². The molecule has 0 radical (unpaired) electrons. The van der Waals surface area contributed by atoms with Gasteiger partial charge in [0.25, 0.3) is 0 Å². The fourth-order valence-corrected chi connectivity index (χ4v) is 3.03. The molecule has 1 aromatic carbocycles. The van der Waals surface area contributed by atoms with Gasteiger partial charge < -0.3 is 10.2 Å². The Labute approximate surface area is 116 Å². The van der Waals surface area contributed by atoms with Gasteiger partial charge in [-0.3, -0.25) is 4.79 Å². The molecule has 1 atom stereocenters. The molecule has 2 rings (SSSR count). The lowest BCUT2D eigenvalue weighted by Gasteiger charge is -2.45. The lowest BCUT2D eigenvalue weighted by atomic mass is 9.79. The Morgan fingerprint density at radius 2 is 2.16 bits per heavy atom. The van der Waals surface area contributed by atoms with Gasteiger partial charge in [0.15, 0.2) is 5.78 Å². The highest BCUT2D eigenvalue weighted by Gasteiger charge is 2.34. The molecule has 1 unspecified atom stereocenters. The van der Waals surface area contributed by atoms with Crippen molar-refractivity contribution < 1.29 is 4.79 Å². The maximum absolute atomic E-state index is 11.5. The Hall–Kier alpha value is -1.35. The number of rotatable bonds is 3. The number of carbonyl (C=O) groups excluding carboxylic acids is 1. The minimum absolute atomic E-state index is 0.131. The van der Waals surface area contributed by atoms with Crippen molar-refractivity contribution >= 4 is 11.5 Å². The van der Waals surface area contributed by atoms with E-state index in [1.165, 1.54) is 0 Å². The first-order chi connectivity index (χ1) is 8.94. The summed E-state index contributed by atoms with van der Waals surface area (Å²) in [7, 11) is 2.04. The lowest BCUT2D eigenvalue weighted by molar-refractivity contribution is 0.101. The summed E-state index contributed by atoms with van der Waals surface area (Å²) in [5.74, 6) is 0.131. The lowest BCUT2D eigenvalue weighted by Crippen LogP contribution is -2.53. The average Bonchev–Trinajstić information content (AvgIpc) is 2.37. The summed E-state index contributed by atoms with van der Waals surface area (Å²) in [4.78, 5) is 13.9. The smallest absolute Gasteiger partial charge is 0.159 e. The predicted molar refractivity (Wildman–Crippen MR) is 79.9 cm³/mol. The monoisotopic (exact) mass is 260 g/mol. The van der Waals surface area contributed by atoms with Crippen LogP contribution in [0.15, 0.2) is 24.3 Å². The standard InChI is InChI=1S/C16H24N2O/c1-12(19)13-6-5-7-14(10-13)18-9-8-15(17-4)16(2,3)11-18/h5-7,10,15,17H,8-9,11H2,1-4H3. The summed E-state index contributed by atoms with van der Waals surface area (Å²) in [5, 5.41) is 3.42. The Morgan fingerprint density at radius 3 is 2.74 bits per heavy atom. The van der Waals surface area contributed by atoms with Gasteiger partial charge in [-0.1, -0.05) is 26.0 Å². The number of nitrogens with zero attached hydrogens (tertiary/aromatic N) is 1. The molecule has 0 aliphatic carbocycles. The molecule has 104 valence electrons. The number of carbonyl (C=O) groups is 1. The van der Waals surface area contributed by atoms with Crippen LogP contribution >= 0.6 is 0 Å². The van der Waals surface area contributed by atoms with Crippen LogP contribution in [0.5, 0.6) is 0 Å². The number of ketones is 1. The molecule has 1 saturated heterocycles. The maximum atomic E-state index is 11.5. The average molecular weight is 260 g/mol. The zero-order chi connectivity index (χ0) is 14.0. The number of Topliss-reactive ketones (excluding diaryl/α,β-unsaturated/α-hetero) is 1. The topological polar surface area (TPSA) is 32.3 Å². The third-order valence-electron chi connectivity index (χ3n) is 4.20. The molecule has 0 aromatic heterocycles. The molecular formula is C16H24N2O. The first-order valence-corrected chi connectivity index (χ1v) is 6.97. The highest BCUT2D eigenvalue weighted by molar-refractivity contribution is 5.95. The second kappa shape index (κ2) is 5.33. The van der Waals surface area contributed by atoms with Crippen LogP contribution in [0.4, 0.5) is 5.69 Å². The number of piperidine rings is 1. The van der Waals surface area contributed by atoms with Crippen LogP contribution in [0.2, 0.25) is 0 Å². The van der Waals surface area contributed by atoms with Crippen LogP contribution in [-0.4, -0.2) is 32.0 Å². The molecule has 1 aliphatic heterocycles. The van der Waals surface area contributed by atoms with E-state index in [0.29, 0.717) is 6.04 Å². The summed E-state index contributed by atoms with van der Waals surface area (Å²) in [6.45, 7) is 8.27. The summed E-state index contributed by atoms with van der Waals surface area (Å²) in [6, 6.07) is 8.53. The normalized spacial score (nSPS) is 22.3. The van der Waals surface area contributed by atoms with Crippen molar-refractivity contribution in [3.05, 3.63) is 29.8 Å². The van der Waals surface area contributed by atoms with E-state index in [-0.39, 0.29) is 11.2 Å². The fraction of sp³-hybridized carbons (Fsp3) is 0.562. The van der Waals surface area contributed by atoms with Crippen molar-refractivity contribution in [2.45, 2.75) is 33.2 Å². The van der Waals surface area contributed by atoms with Crippen molar-refractivity contribution in [1.82, 2.24) is 5.32 Å². The molecule has 0 saturated carbocycles. The van der Waals surface area contributed by atoms with Crippen LogP contribution in [0, 0.1) is 5.41 Å². The van der Waals surface area contributed by atoms with Gasteiger partial charge in [-0.2, -0.15) is 0 Å². The third-order valence-corrected chi connectivity index (χ3v) is 4.20. The van der Waals surface area contributed by atoms with E-state index >= 15 is 0 Å². The van der Waals surface area contributed by atoms with Gasteiger partial charge >= 0.3 is 0 Å². The van der Waals surface area contributed by atoms with Crippen molar-refractivity contribution in [2.24, 2.45) is 5.41 Å². The first-order valence-electron chi connectivity index (χ1n) is 6.97. The van der Waals surface area contributed by atoms with Crippen LogP contribution in [0.25, 0.3) is 0 Å². The van der Waals surface area contributed by atoms with Gasteiger partial charge in [-0.05, 0) is 37.9 Å². The zero-order valence-electron chi connectivity index (χ0n) is 12.4. The van der Waals surface area contributed by atoms with Gasteiger partial charge in [0.1, 0.15) is 0 Å². The summed E-state index contributed by atoms with van der Waals surface area (Å²) in [6.07, 6.45) is 1.13. The fourth-order valence-electron chi connectivity index (χ4n) is 3.03. The van der Waals surface area contributed by atoms with E-state index in [1.54, 1.807) is 6.92 Å². The van der Waals surface area contributed by atoms with Crippen molar-refractivity contribution in [3.8, 4) is 0 Å². The highest BCUT2D eigenvalue weighted by atomic mass is 16.1. The Balaban J connectivity index is 2.20. The van der Waals surface area contributed by atoms with Crippen molar-refractivity contribution in [3.63, 3.8) is 0 Å². The highest BCUT2D eigenvalue weighted by Crippen LogP contribution is 2.32. The molecule has 3 nitrogen and oxygen atoms in total. The van der Waals surface area contributed by atoms with Crippen molar-refractivity contribution in [2.75, 3.05) is 25.0 Å². The number of nitrogens with one attached hydrogen (secondary N) is 1. The van der Waals surface area contributed by atoms with Gasteiger partial charge in [-0.25, -0.2) is 0 Å². The molecule has 1 aliphatic rings. The molecule has 1 N–H and O–H groups in total. The van der Waals surface area contributed by atoms with Crippen molar-refractivity contribution in [1.29, 1.82) is 0 Å². The number of hydrogen-bond donors (Lipinski definition) is 1.